The Kier molecular flexibility index (Phi) is 7.29. The molecule has 13 heavy (non-hydrogen) atoms. The summed E-state index contributed by atoms with van der Waals surface area (Å²) < 4.78 is 5.25. The van der Waals surface area contributed by atoms with Crippen molar-refractivity contribution in [2.75, 3.05) is 12.4 Å². The number of nitrogens with one attached hydrogen (secondary N) is 1. The number of rotatable bonds is 7. The zero-order chi connectivity index (χ0) is 10.2. The molecule has 0 heterocycles. The fourth-order valence-corrected chi connectivity index (χ4v) is 4.68. The lowest BCUT2D eigenvalue weighted by molar-refractivity contribution is -0.108. The second-order valence-corrected chi connectivity index (χ2v) is 8.63. The topological polar surface area (TPSA) is 62.1 Å². The van der Waals surface area contributed by atoms with Crippen LogP contribution in [0.2, 0.25) is 0 Å². The van der Waals surface area contributed by atoms with Gasteiger partial charge in [-0.25, -0.2) is 0 Å². The van der Waals surface area contributed by atoms with Crippen LogP contribution in [0.15, 0.2) is 0 Å². The molecule has 74 valence electrons. The van der Waals surface area contributed by atoms with Gasteiger partial charge in [-0.2, -0.15) is 5.26 Å². The summed E-state index contributed by atoms with van der Waals surface area (Å²) in [5, 5.41) is 10.8. The molecule has 0 aromatic carbocycles. The molecule has 1 unspecified atom stereocenters. The first-order valence-electron chi connectivity index (χ1n) is 3.66. The third-order valence-electron chi connectivity index (χ3n) is 0.985. The van der Waals surface area contributed by atoms with Crippen molar-refractivity contribution in [3.63, 3.8) is 0 Å². The minimum atomic E-state index is -2.27. The van der Waals surface area contributed by atoms with Gasteiger partial charge in [-0.1, -0.05) is 11.4 Å². The van der Waals surface area contributed by atoms with Crippen LogP contribution in [0.3, 0.4) is 0 Å². The van der Waals surface area contributed by atoms with Crippen molar-refractivity contribution in [2.24, 2.45) is 0 Å². The number of hydrogen-bond acceptors (Lipinski definition) is 5. The van der Waals surface area contributed by atoms with E-state index in [1.807, 2.05) is 13.0 Å². The van der Waals surface area contributed by atoms with E-state index >= 15 is 0 Å². The van der Waals surface area contributed by atoms with Crippen LogP contribution in [-0.2, 0) is 21.1 Å². The van der Waals surface area contributed by atoms with Crippen LogP contribution in [0.4, 0.5) is 0 Å². The molecule has 0 radical (unpaired) electrons. The average Bonchev–Trinajstić information content (AvgIpc) is 2.05. The summed E-state index contributed by atoms with van der Waals surface area (Å²) in [6.45, 7) is 2.29. The highest BCUT2D eigenvalue weighted by atomic mass is 32.9. The van der Waals surface area contributed by atoms with Crippen LogP contribution in [0, 0.1) is 11.3 Å². The molecule has 0 bridgehead atoms. The highest BCUT2D eigenvalue weighted by Crippen LogP contribution is 2.55. The molecular weight excluding hydrogens is 227 g/mol. The fraction of sp³-hybridized carbons (Fsp3) is 0.667. The van der Waals surface area contributed by atoms with Crippen molar-refractivity contribution in [1.29, 1.82) is 5.26 Å². The lowest BCUT2D eigenvalue weighted by Crippen LogP contribution is -2.07. The van der Waals surface area contributed by atoms with E-state index in [1.165, 1.54) is 11.4 Å². The summed E-state index contributed by atoms with van der Waals surface area (Å²) in [7, 11) is 0. The van der Waals surface area contributed by atoms with E-state index in [1.54, 1.807) is 0 Å². The maximum absolute atomic E-state index is 10.2. The van der Waals surface area contributed by atoms with Gasteiger partial charge in [0, 0.05) is 12.2 Å². The molecule has 0 aliphatic carbocycles. The van der Waals surface area contributed by atoms with Gasteiger partial charge in [-0.3, -0.25) is 4.79 Å². The lowest BCUT2D eigenvalue weighted by atomic mass is 10.6. The largest absolute Gasteiger partial charge is 0.327 e. The second kappa shape index (κ2) is 7.34. The molecule has 1 atom stereocenters. The molecule has 7 heteroatoms. The Labute approximate surface area is 86.9 Å². The molecule has 0 aliphatic rings. The first-order chi connectivity index (χ1) is 6.18. The maximum Gasteiger partial charge on any atom is 0.213 e. The molecule has 0 saturated heterocycles. The van der Waals surface area contributed by atoms with Gasteiger partial charge >= 0.3 is 0 Å². The van der Waals surface area contributed by atoms with Crippen LogP contribution in [0.1, 0.15) is 13.3 Å². The molecule has 0 saturated carbocycles. The number of nitrogens with zero attached hydrogens (tertiary/aromatic N) is 1. The number of carbonyl (C=O) groups is 1. The number of amides is 1. The van der Waals surface area contributed by atoms with Crippen molar-refractivity contribution in [3.05, 3.63) is 0 Å². The van der Waals surface area contributed by atoms with E-state index in [0.29, 0.717) is 25.2 Å². The Bertz CT molecular complexity index is 241. The van der Waals surface area contributed by atoms with Gasteiger partial charge in [-0.05, 0) is 18.7 Å². The Hall–Kier alpha value is -0.0800. The highest BCUT2D eigenvalue weighted by Gasteiger charge is 2.16. The number of hydrogen-bond donors (Lipinski definition) is 1. The van der Waals surface area contributed by atoms with Crippen LogP contribution in [-0.4, -0.2) is 18.8 Å². The molecule has 0 spiro atoms. The Morgan fingerprint density at radius 1 is 1.85 bits per heavy atom. The van der Waals surface area contributed by atoms with Gasteiger partial charge < -0.3 is 9.61 Å². The van der Waals surface area contributed by atoms with E-state index in [9.17, 15) is 4.79 Å². The number of nitriles is 1. The smallest absolute Gasteiger partial charge is 0.213 e. The number of carbonyl (C=O) groups excluding carboxylic acids is 1. The third kappa shape index (κ3) is 6.05. The molecule has 0 fully saturated rings. The van der Waals surface area contributed by atoms with Crippen LogP contribution in [0.25, 0.3) is 0 Å². The van der Waals surface area contributed by atoms with E-state index in [2.05, 4.69) is 5.09 Å². The summed E-state index contributed by atoms with van der Waals surface area (Å²) in [6, 6.07) is 2.00. The van der Waals surface area contributed by atoms with E-state index in [-0.39, 0.29) is 0 Å². The molecule has 1 N–H and O–H groups in total. The van der Waals surface area contributed by atoms with Gasteiger partial charge in [0.1, 0.15) is 0 Å². The third-order valence-corrected chi connectivity index (χ3v) is 6.51. The summed E-state index contributed by atoms with van der Waals surface area (Å²) in [5.41, 5.74) is -2.27. The zero-order valence-corrected chi connectivity index (χ0v) is 9.75. The predicted molar refractivity (Wildman–Crippen MR) is 57.8 cm³/mol. The molecule has 0 rings (SSSR count). The van der Waals surface area contributed by atoms with Gasteiger partial charge in [0.2, 0.25) is 12.0 Å². The average molecular weight is 238 g/mol. The molecule has 0 aliphatic heterocycles. The molecule has 4 nitrogen and oxygen atoms in total. The fourth-order valence-electron chi connectivity index (χ4n) is 0.558. The minimum Gasteiger partial charge on any atom is -0.327 e. The Morgan fingerprint density at radius 2 is 2.54 bits per heavy atom. The highest BCUT2D eigenvalue weighted by molar-refractivity contribution is 8.68. The van der Waals surface area contributed by atoms with E-state index in [4.69, 9.17) is 21.6 Å². The minimum absolute atomic E-state index is 0.413. The molecule has 0 aromatic heterocycles. The molecule has 0 aromatic rings. The SMILES string of the molecule is CCOP(=S)(NC=O)SCCC#N. The molecule has 1 amide bonds. The van der Waals surface area contributed by atoms with Crippen molar-refractivity contribution in [1.82, 2.24) is 5.09 Å². The summed E-state index contributed by atoms with van der Waals surface area (Å²) in [4.78, 5) is 10.2. The quantitative estimate of drug-likeness (QED) is 0.415. The second-order valence-electron chi connectivity index (χ2n) is 1.90. The van der Waals surface area contributed by atoms with Gasteiger partial charge in [0.15, 0.2) is 0 Å². The first-order valence-corrected chi connectivity index (χ1v) is 7.97. The standard InChI is InChI=1S/C6H11N2O2PS2/c1-2-10-11(12,8-6-9)13-5-3-4-7/h6H,2-3,5H2,1H3,(H,8,9,12). The van der Waals surface area contributed by atoms with Crippen molar-refractivity contribution >= 4 is 35.2 Å². The maximum atomic E-state index is 10.2. The zero-order valence-electron chi connectivity index (χ0n) is 7.23. The predicted octanol–water partition coefficient (Wildman–Crippen LogP) is 1.64. The Morgan fingerprint density at radius 3 is 3.00 bits per heavy atom. The summed E-state index contributed by atoms with van der Waals surface area (Å²) in [5.74, 6) is 0.592. The van der Waals surface area contributed by atoms with Gasteiger partial charge in [0.25, 0.3) is 0 Å². The molecular formula is C6H11N2O2PS2. The van der Waals surface area contributed by atoms with E-state index in [0.717, 1.165) is 0 Å². The van der Waals surface area contributed by atoms with Crippen molar-refractivity contribution in [3.8, 4) is 6.07 Å². The normalized spacial score (nSPS) is 14.2. The summed E-state index contributed by atoms with van der Waals surface area (Å²) >= 11 is 6.45. The Balaban J connectivity index is 4.00. The van der Waals surface area contributed by atoms with Crippen molar-refractivity contribution < 1.29 is 9.32 Å². The van der Waals surface area contributed by atoms with Crippen molar-refractivity contribution in [2.45, 2.75) is 13.3 Å². The summed E-state index contributed by atoms with van der Waals surface area (Å²) in [6.07, 6.45) is 0.965. The monoisotopic (exact) mass is 238 g/mol. The van der Waals surface area contributed by atoms with Gasteiger partial charge in [0.05, 0.1) is 12.7 Å². The lowest BCUT2D eigenvalue weighted by Gasteiger charge is -2.18. The van der Waals surface area contributed by atoms with Crippen LogP contribution < -0.4 is 5.09 Å². The first kappa shape index (κ1) is 12.9. The van der Waals surface area contributed by atoms with Crippen LogP contribution in [0.5, 0.6) is 0 Å². The van der Waals surface area contributed by atoms with Crippen LogP contribution >= 0.6 is 17.0 Å². The van der Waals surface area contributed by atoms with E-state index < -0.39 is 5.62 Å². The van der Waals surface area contributed by atoms with Gasteiger partial charge in [-0.15, -0.1) is 0 Å².